The van der Waals surface area contributed by atoms with Crippen LogP contribution in [0.25, 0.3) is 0 Å². The maximum atomic E-state index is 12.2. The second kappa shape index (κ2) is 4.73. The third-order valence-corrected chi connectivity index (χ3v) is 3.37. The summed E-state index contributed by atoms with van der Waals surface area (Å²) in [6.45, 7) is 11.7. The monoisotopic (exact) mass is 237 g/mol. The van der Waals surface area contributed by atoms with Crippen LogP contribution in [0.4, 0.5) is 0 Å². The molecule has 0 aromatic carbocycles. The summed E-state index contributed by atoms with van der Waals surface area (Å²) in [5.41, 5.74) is -0.455. The van der Waals surface area contributed by atoms with Crippen LogP contribution in [0.3, 0.4) is 0 Å². The van der Waals surface area contributed by atoms with Gasteiger partial charge in [-0.05, 0) is 5.41 Å². The number of amides is 1. The van der Waals surface area contributed by atoms with Crippen molar-refractivity contribution in [2.75, 3.05) is 13.1 Å². The molecule has 2 atom stereocenters. The van der Waals surface area contributed by atoms with Gasteiger partial charge >= 0.3 is 5.97 Å². The zero-order valence-corrected chi connectivity index (χ0v) is 10.3. The standard InChI is InChI=1S/C13H19NO3/c1-5-7-14(8-6-2)11(15)9-10(12(16)17)13(9,3)4/h5-6,9-10H,1-2,7-8H2,3-4H3,(H,16,17)/t9-,10+/m1/s1. The number of carboxylic acid groups (broad SMARTS) is 1. The number of hydrogen-bond acceptors (Lipinski definition) is 2. The molecule has 1 aliphatic rings. The van der Waals surface area contributed by atoms with Gasteiger partial charge in [-0.1, -0.05) is 26.0 Å². The molecule has 1 aliphatic carbocycles. The summed E-state index contributed by atoms with van der Waals surface area (Å²) >= 11 is 0. The molecular weight excluding hydrogens is 218 g/mol. The molecule has 0 spiro atoms. The Morgan fingerprint density at radius 3 is 2.00 bits per heavy atom. The fourth-order valence-corrected chi connectivity index (χ4v) is 2.32. The number of rotatable bonds is 6. The number of hydrogen-bond donors (Lipinski definition) is 1. The molecule has 94 valence electrons. The number of carbonyl (C=O) groups excluding carboxylic acids is 1. The summed E-state index contributed by atoms with van der Waals surface area (Å²) in [5.74, 6) is -2.03. The van der Waals surface area contributed by atoms with Crippen LogP contribution < -0.4 is 0 Å². The van der Waals surface area contributed by atoms with E-state index >= 15 is 0 Å². The lowest BCUT2D eigenvalue weighted by Crippen LogP contribution is -2.34. The van der Waals surface area contributed by atoms with Crippen LogP contribution >= 0.6 is 0 Å². The van der Waals surface area contributed by atoms with Gasteiger partial charge in [-0.15, -0.1) is 13.2 Å². The van der Waals surface area contributed by atoms with Gasteiger partial charge in [0.25, 0.3) is 0 Å². The molecule has 0 saturated heterocycles. The van der Waals surface area contributed by atoms with Gasteiger partial charge in [0.05, 0.1) is 11.8 Å². The molecule has 0 unspecified atom stereocenters. The lowest BCUT2D eigenvalue weighted by molar-refractivity contribution is -0.141. The maximum Gasteiger partial charge on any atom is 0.307 e. The molecule has 4 heteroatoms. The highest BCUT2D eigenvalue weighted by molar-refractivity contribution is 5.91. The first-order valence-electron chi connectivity index (χ1n) is 5.61. The first kappa shape index (κ1) is 13.5. The third kappa shape index (κ3) is 2.40. The first-order chi connectivity index (χ1) is 7.87. The van der Waals surface area contributed by atoms with Gasteiger partial charge in [-0.2, -0.15) is 0 Å². The predicted molar refractivity (Wildman–Crippen MR) is 65.4 cm³/mol. The van der Waals surface area contributed by atoms with Crippen molar-refractivity contribution in [1.82, 2.24) is 4.90 Å². The second-order valence-corrected chi connectivity index (χ2v) is 4.94. The van der Waals surface area contributed by atoms with E-state index in [0.29, 0.717) is 13.1 Å². The quantitative estimate of drug-likeness (QED) is 0.713. The summed E-state index contributed by atoms with van der Waals surface area (Å²) in [5, 5.41) is 9.04. The van der Waals surface area contributed by atoms with Crippen molar-refractivity contribution in [2.24, 2.45) is 17.3 Å². The van der Waals surface area contributed by atoms with Crippen LogP contribution in [0.5, 0.6) is 0 Å². The van der Waals surface area contributed by atoms with Crippen LogP contribution in [0.1, 0.15) is 13.8 Å². The minimum Gasteiger partial charge on any atom is -0.481 e. The average Bonchev–Trinajstić information content (AvgIpc) is 2.80. The Bertz CT molecular complexity index is 350. The van der Waals surface area contributed by atoms with E-state index in [9.17, 15) is 9.59 Å². The van der Waals surface area contributed by atoms with Crippen LogP contribution in [0, 0.1) is 17.3 Å². The van der Waals surface area contributed by atoms with E-state index in [4.69, 9.17) is 5.11 Å². The number of aliphatic carboxylic acids is 1. The highest BCUT2D eigenvalue weighted by atomic mass is 16.4. The van der Waals surface area contributed by atoms with Gasteiger partial charge in [0.2, 0.25) is 5.91 Å². The van der Waals surface area contributed by atoms with Gasteiger partial charge in [0, 0.05) is 13.1 Å². The molecule has 4 nitrogen and oxygen atoms in total. The SMILES string of the molecule is C=CCN(CC=C)C(=O)[C@H]1[C@@H](C(=O)O)C1(C)C. The second-order valence-electron chi connectivity index (χ2n) is 4.94. The molecule has 17 heavy (non-hydrogen) atoms. The molecular formula is C13H19NO3. The first-order valence-corrected chi connectivity index (χ1v) is 5.61. The fourth-order valence-electron chi connectivity index (χ4n) is 2.32. The molecule has 0 aromatic heterocycles. The van der Waals surface area contributed by atoms with E-state index in [-0.39, 0.29) is 5.91 Å². The summed E-state index contributed by atoms with van der Waals surface area (Å²) in [6, 6.07) is 0. The molecule has 1 amide bonds. The fraction of sp³-hybridized carbons (Fsp3) is 0.538. The molecule has 1 N–H and O–H groups in total. The zero-order chi connectivity index (χ0) is 13.2. The van der Waals surface area contributed by atoms with E-state index < -0.39 is 23.2 Å². The largest absolute Gasteiger partial charge is 0.481 e. The lowest BCUT2D eigenvalue weighted by atomic mass is 10.1. The van der Waals surface area contributed by atoms with Gasteiger partial charge < -0.3 is 10.0 Å². The molecule has 0 radical (unpaired) electrons. The smallest absolute Gasteiger partial charge is 0.307 e. The van der Waals surface area contributed by atoms with Crippen molar-refractivity contribution >= 4 is 11.9 Å². The van der Waals surface area contributed by atoms with Gasteiger partial charge in [0.1, 0.15) is 0 Å². The van der Waals surface area contributed by atoms with Crippen molar-refractivity contribution in [3.05, 3.63) is 25.3 Å². The lowest BCUT2D eigenvalue weighted by Gasteiger charge is -2.20. The molecule has 0 bridgehead atoms. The molecule has 1 rings (SSSR count). The van der Waals surface area contributed by atoms with E-state index in [0.717, 1.165) is 0 Å². The number of carboxylic acids is 1. The number of nitrogens with zero attached hydrogens (tertiary/aromatic N) is 1. The van der Waals surface area contributed by atoms with Crippen molar-refractivity contribution in [2.45, 2.75) is 13.8 Å². The van der Waals surface area contributed by atoms with Gasteiger partial charge in [-0.25, -0.2) is 0 Å². The normalized spacial score (nSPS) is 24.8. The Morgan fingerprint density at radius 2 is 1.71 bits per heavy atom. The van der Waals surface area contributed by atoms with Gasteiger partial charge in [0.15, 0.2) is 0 Å². The van der Waals surface area contributed by atoms with E-state index in [1.165, 1.54) is 0 Å². The summed E-state index contributed by atoms with van der Waals surface area (Å²) in [4.78, 5) is 24.8. The van der Waals surface area contributed by atoms with Crippen molar-refractivity contribution < 1.29 is 14.7 Å². The Morgan fingerprint density at radius 1 is 1.24 bits per heavy atom. The van der Waals surface area contributed by atoms with Crippen molar-refractivity contribution in [1.29, 1.82) is 0 Å². The molecule has 0 aromatic rings. The Balaban J connectivity index is 2.79. The topological polar surface area (TPSA) is 57.6 Å². The van der Waals surface area contributed by atoms with Gasteiger partial charge in [-0.3, -0.25) is 9.59 Å². The Labute approximate surface area is 102 Å². The van der Waals surface area contributed by atoms with E-state index in [1.807, 2.05) is 13.8 Å². The minimum atomic E-state index is -0.898. The minimum absolute atomic E-state index is 0.123. The zero-order valence-electron chi connectivity index (χ0n) is 10.3. The highest BCUT2D eigenvalue weighted by Gasteiger charge is 2.66. The Hall–Kier alpha value is -1.58. The maximum absolute atomic E-state index is 12.2. The average molecular weight is 237 g/mol. The molecule has 1 fully saturated rings. The Kier molecular flexibility index (Phi) is 3.76. The van der Waals surface area contributed by atoms with Crippen LogP contribution in [-0.4, -0.2) is 35.0 Å². The van der Waals surface area contributed by atoms with Crippen LogP contribution in [-0.2, 0) is 9.59 Å². The molecule has 1 saturated carbocycles. The predicted octanol–water partition coefficient (Wildman–Crippen LogP) is 1.54. The van der Waals surface area contributed by atoms with E-state index in [2.05, 4.69) is 13.2 Å². The summed E-state index contributed by atoms with van der Waals surface area (Å²) < 4.78 is 0. The summed E-state index contributed by atoms with van der Waals surface area (Å²) in [7, 11) is 0. The van der Waals surface area contributed by atoms with Crippen LogP contribution in [0.2, 0.25) is 0 Å². The molecule has 0 aliphatic heterocycles. The molecule has 0 heterocycles. The highest BCUT2D eigenvalue weighted by Crippen LogP contribution is 2.58. The van der Waals surface area contributed by atoms with Crippen LogP contribution in [0.15, 0.2) is 25.3 Å². The number of carbonyl (C=O) groups is 2. The van der Waals surface area contributed by atoms with Crippen molar-refractivity contribution in [3.63, 3.8) is 0 Å². The summed E-state index contributed by atoms with van der Waals surface area (Å²) in [6.07, 6.45) is 3.26. The van der Waals surface area contributed by atoms with E-state index in [1.54, 1.807) is 17.1 Å². The van der Waals surface area contributed by atoms with Crippen molar-refractivity contribution in [3.8, 4) is 0 Å². The third-order valence-electron chi connectivity index (χ3n) is 3.37.